The zero-order valence-electron chi connectivity index (χ0n) is 12.1. The highest BCUT2D eigenvalue weighted by atomic mass is 79.9. The number of rotatable bonds is 5. The van der Waals surface area contributed by atoms with Crippen LogP contribution >= 0.6 is 15.9 Å². The van der Waals surface area contributed by atoms with E-state index >= 15 is 0 Å². The predicted octanol–water partition coefficient (Wildman–Crippen LogP) is 4.34. The van der Waals surface area contributed by atoms with Crippen LogP contribution in [0.15, 0.2) is 53.0 Å². The molecule has 0 aromatic heterocycles. The summed E-state index contributed by atoms with van der Waals surface area (Å²) in [5.41, 5.74) is 1.73. The number of ether oxygens (including phenoxy) is 1. The molecule has 1 N–H and O–H groups in total. The van der Waals surface area contributed by atoms with E-state index in [0.29, 0.717) is 5.56 Å². The van der Waals surface area contributed by atoms with Crippen LogP contribution in [0, 0.1) is 0 Å². The van der Waals surface area contributed by atoms with E-state index in [1.165, 1.54) is 0 Å². The first-order chi connectivity index (χ1) is 10.1. The Labute approximate surface area is 133 Å². The molecule has 0 aliphatic carbocycles. The third-order valence-electron chi connectivity index (χ3n) is 3.34. The van der Waals surface area contributed by atoms with Crippen molar-refractivity contribution in [3.8, 4) is 5.75 Å². The first kappa shape index (κ1) is 15.6. The van der Waals surface area contributed by atoms with E-state index < -0.39 is 0 Å². The van der Waals surface area contributed by atoms with Crippen LogP contribution < -0.4 is 10.1 Å². The number of nitrogens with one attached hydrogen (secondary N) is 1. The molecule has 0 bridgehead atoms. The van der Waals surface area contributed by atoms with Gasteiger partial charge in [-0.2, -0.15) is 0 Å². The summed E-state index contributed by atoms with van der Waals surface area (Å²) in [7, 11) is 1.61. The van der Waals surface area contributed by atoms with Crippen LogP contribution in [0.2, 0.25) is 0 Å². The number of amides is 1. The van der Waals surface area contributed by atoms with Crippen molar-refractivity contribution in [1.82, 2.24) is 5.32 Å². The molecular weight excluding hydrogens is 330 g/mol. The maximum Gasteiger partial charge on any atom is 0.251 e. The summed E-state index contributed by atoms with van der Waals surface area (Å²) in [6.45, 7) is 2.06. The van der Waals surface area contributed by atoms with Gasteiger partial charge in [-0.25, -0.2) is 0 Å². The third-order valence-corrected chi connectivity index (χ3v) is 3.87. The van der Waals surface area contributed by atoms with Crippen LogP contribution in [-0.4, -0.2) is 13.0 Å². The highest BCUT2D eigenvalue weighted by molar-refractivity contribution is 9.10. The highest BCUT2D eigenvalue weighted by Crippen LogP contribution is 2.20. The molecule has 1 amide bonds. The van der Waals surface area contributed by atoms with Gasteiger partial charge in [-0.3, -0.25) is 4.79 Å². The van der Waals surface area contributed by atoms with Crippen molar-refractivity contribution in [2.24, 2.45) is 0 Å². The van der Waals surface area contributed by atoms with Gasteiger partial charge >= 0.3 is 0 Å². The molecule has 0 spiro atoms. The van der Waals surface area contributed by atoms with Crippen molar-refractivity contribution in [3.05, 3.63) is 64.1 Å². The van der Waals surface area contributed by atoms with Crippen LogP contribution in [-0.2, 0) is 0 Å². The van der Waals surface area contributed by atoms with Crippen LogP contribution in [0.1, 0.15) is 35.3 Å². The Hall–Kier alpha value is -1.81. The molecule has 0 fully saturated rings. The lowest BCUT2D eigenvalue weighted by atomic mass is 10.0. The second-order valence-corrected chi connectivity index (χ2v) is 5.63. The first-order valence-electron chi connectivity index (χ1n) is 6.84. The summed E-state index contributed by atoms with van der Waals surface area (Å²) in [6.07, 6.45) is 0.837. The summed E-state index contributed by atoms with van der Waals surface area (Å²) in [6, 6.07) is 15.1. The Morgan fingerprint density at radius 3 is 2.29 bits per heavy atom. The fourth-order valence-corrected chi connectivity index (χ4v) is 2.36. The van der Waals surface area contributed by atoms with E-state index in [9.17, 15) is 4.79 Å². The fourth-order valence-electron chi connectivity index (χ4n) is 2.10. The minimum absolute atomic E-state index is 0.00713. The number of benzene rings is 2. The second kappa shape index (κ2) is 7.27. The molecule has 0 radical (unpaired) electrons. The average Bonchev–Trinajstić information content (AvgIpc) is 2.53. The van der Waals surface area contributed by atoms with Gasteiger partial charge in [-0.15, -0.1) is 0 Å². The van der Waals surface area contributed by atoms with Gasteiger partial charge in [0.15, 0.2) is 0 Å². The standard InChI is InChI=1S/C17H18BrNO2/c1-3-16(12-4-8-14(18)9-5-12)19-17(20)13-6-10-15(21-2)11-7-13/h4-11,16H,3H2,1-2H3,(H,19,20). The van der Waals surface area contributed by atoms with Crippen LogP contribution in [0.5, 0.6) is 5.75 Å². The van der Waals surface area contributed by atoms with Crippen molar-refractivity contribution in [2.75, 3.05) is 7.11 Å². The number of carbonyl (C=O) groups excluding carboxylic acids is 1. The maximum absolute atomic E-state index is 12.3. The van der Waals surface area contributed by atoms with Crippen molar-refractivity contribution in [2.45, 2.75) is 19.4 Å². The summed E-state index contributed by atoms with van der Waals surface area (Å²) < 4.78 is 6.13. The molecule has 0 aliphatic heterocycles. The molecule has 2 aromatic rings. The Morgan fingerprint density at radius 2 is 1.76 bits per heavy atom. The summed E-state index contributed by atoms with van der Waals surface area (Å²) in [5.74, 6) is 0.666. The second-order valence-electron chi connectivity index (χ2n) is 4.71. The molecule has 3 nitrogen and oxygen atoms in total. The predicted molar refractivity (Wildman–Crippen MR) is 87.6 cm³/mol. The number of methoxy groups -OCH3 is 1. The first-order valence-corrected chi connectivity index (χ1v) is 7.63. The van der Waals surface area contributed by atoms with E-state index in [1.54, 1.807) is 31.4 Å². The molecule has 21 heavy (non-hydrogen) atoms. The number of halogens is 1. The maximum atomic E-state index is 12.3. The van der Waals surface area contributed by atoms with Gasteiger partial charge in [0.1, 0.15) is 5.75 Å². The average molecular weight is 348 g/mol. The van der Waals surface area contributed by atoms with E-state index in [1.807, 2.05) is 24.3 Å². The molecule has 1 atom stereocenters. The lowest BCUT2D eigenvalue weighted by Crippen LogP contribution is -2.28. The molecule has 0 heterocycles. The van der Waals surface area contributed by atoms with Gasteiger partial charge in [0, 0.05) is 10.0 Å². The molecule has 110 valence electrons. The van der Waals surface area contributed by atoms with Crippen molar-refractivity contribution < 1.29 is 9.53 Å². The summed E-state index contributed by atoms with van der Waals surface area (Å²) in [5, 5.41) is 3.06. The molecule has 0 aliphatic rings. The topological polar surface area (TPSA) is 38.3 Å². The van der Waals surface area contributed by atoms with Gasteiger partial charge in [-0.05, 0) is 48.4 Å². The quantitative estimate of drug-likeness (QED) is 0.873. The Morgan fingerprint density at radius 1 is 1.14 bits per heavy atom. The van der Waals surface area contributed by atoms with Gasteiger partial charge < -0.3 is 10.1 Å². The largest absolute Gasteiger partial charge is 0.497 e. The molecule has 4 heteroatoms. The lowest BCUT2D eigenvalue weighted by Gasteiger charge is -2.17. The Balaban J connectivity index is 2.10. The van der Waals surface area contributed by atoms with Gasteiger partial charge in [0.25, 0.3) is 5.91 Å². The van der Waals surface area contributed by atoms with Crippen molar-refractivity contribution in [3.63, 3.8) is 0 Å². The number of carbonyl (C=O) groups is 1. The molecule has 2 rings (SSSR count). The number of hydrogen-bond acceptors (Lipinski definition) is 2. The third kappa shape index (κ3) is 4.08. The molecular formula is C17H18BrNO2. The van der Waals surface area contributed by atoms with E-state index in [-0.39, 0.29) is 11.9 Å². The minimum Gasteiger partial charge on any atom is -0.497 e. The van der Waals surface area contributed by atoms with Crippen molar-refractivity contribution in [1.29, 1.82) is 0 Å². The van der Waals surface area contributed by atoms with Gasteiger partial charge in [0.2, 0.25) is 0 Å². The molecule has 0 saturated carbocycles. The zero-order valence-corrected chi connectivity index (χ0v) is 13.7. The van der Waals surface area contributed by atoms with Gasteiger partial charge in [-0.1, -0.05) is 35.0 Å². The lowest BCUT2D eigenvalue weighted by molar-refractivity contribution is 0.0935. The van der Waals surface area contributed by atoms with Crippen molar-refractivity contribution >= 4 is 21.8 Å². The van der Waals surface area contributed by atoms with E-state index in [2.05, 4.69) is 28.2 Å². The number of hydrogen-bond donors (Lipinski definition) is 1. The highest BCUT2D eigenvalue weighted by Gasteiger charge is 2.14. The Kier molecular flexibility index (Phi) is 5.39. The van der Waals surface area contributed by atoms with Gasteiger partial charge in [0.05, 0.1) is 13.2 Å². The van der Waals surface area contributed by atoms with E-state index in [4.69, 9.17) is 4.74 Å². The van der Waals surface area contributed by atoms with Crippen LogP contribution in [0.25, 0.3) is 0 Å². The summed E-state index contributed by atoms with van der Waals surface area (Å²) >= 11 is 3.42. The fraction of sp³-hybridized carbons (Fsp3) is 0.235. The minimum atomic E-state index is -0.0765. The Bertz CT molecular complexity index is 593. The smallest absolute Gasteiger partial charge is 0.251 e. The molecule has 1 unspecified atom stereocenters. The molecule has 2 aromatic carbocycles. The monoisotopic (exact) mass is 347 g/mol. The normalized spacial score (nSPS) is 11.8. The van der Waals surface area contributed by atoms with Crippen LogP contribution in [0.3, 0.4) is 0 Å². The van der Waals surface area contributed by atoms with E-state index in [0.717, 1.165) is 22.2 Å². The SMILES string of the molecule is CCC(NC(=O)c1ccc(OC)cc1)c1ccc(Br)cc1. The summed E-state index contributed by atoms with van der Waals surface area (Å²) in [4.78, 5) is 12.3. The van der Waals surface area contributed by atoms with Crippen LogP contribution in [0.4, 0.5) is 0 Å². The molecule has 0 saturated heterocycles. The zero-order chi connectivity index (χ0) is 15.2.